The van der Waals surface area contributed by atoms with Gasteiger partial charge in [-0.2, -0.15) is 0 Å². The van der Waals surface area contributed by atoms with E-state index < -0.39 is 6.10 Å². The van der Waals surface area contributed by atoms with E-state index in [2.05, 4.69) is 17.4 Å². The second-order valence-electron chi connectivity index (χ2n) is 5.56. The number of hydrogen-bond acceptors (Lipinski definition) is 3. The van der Waals surface area contributed by atoms with E-state index in [1.165, 1.54) is 17.5 Å². The normalized spacial score (nSPS) is 15.3. The number of aryl methyl sites for hydroxylation is 2. The van der Waals surface area contributed by atoms with Crippen molar-refractivity contribution >= 4 is 16.9 Å². The van der Waals surface area contributed by atoms with Gasteiger partial charge in [0, 0.05) is 17.5 Å². The van der Waals surface area contributed by atoms with E-state index in [-0.39, 0.29) is 12.5 Å². The summed E-state index contributed by atoms with van der Waals surface area (Å²) in [5, 5.41) is 12.9. The van der Waals surface area contributed by atoms with Crippen LogP contribution in [0.25, 0.3) is 11.0 Å². The first-order valence-electron chi connectivity index (χ1n) is 7.10. The molecule has 4 nitrogen and oxygen atoms in total. The Balaban J connectivity index is 1.80. The largest absolute Gasteiger partial charge is 0.464 e. The van der Waals surface area contributed by atoms with Crippen molar-refractivity contribution < 1.29 is 14.3 Å². The first kappa shape index (κ1) is 13.2. The summed E-state index contributed by atoms with van der Waals surface area (Å²) in [6, 6.07) is 4.27. The summed E-state index contributed by atoms with van der Waals surface area (Å²) in [6.45, 7) is 1.93. The highest BCUT2D eigenvalue weighted by Crippen LogP contribution is 2.30. The zero-order valence-electron chi connectivity index (χ0n) is 11.6. The topological polar surface area (TPSA) is 62.5 Å². The van der Waals surface area contributed by atoms with E-state index in [0.717, 1.165) is 29.4 Å². The van der Waals surface area contributed by atoms with Crippen LogP contribution in [0.1, 0.15) is 30.0 Å². The van der Waals surface area contributed by atoms with Crippen molar-refractivity contribution in [2.45, 2.75) is 38.7 Å². The molecule has 2 N–H and O–H groups in total. The molecular weight excluding hydrogens is 254 g/mol. The fourth-order valence-electron chi connectivity index (χ4n) is 2.78. The molecule has 1 aliphatic carbocycles. The number of hydrogen-bond donors (Lipinski definition) is 2. The van der Waals surface area contributed by atoms with Gasteiger partial charge in [-0.15, -0.1) is 0 Å². The lowest BCUT2D eigenvalue weighted by atomic mass is 10.0. The molecule has 0 spiro atoms. The quantitative estimate of drug-likeness (QED) is 0.895. The third-order valence-corrected chi connectivity index (χ3v) is 3.81. The summed E-state index contributed by atoms with van der Waals surface area (Å²) >= 11 is 0. The van der Waals surface area contributed by atoms with Gasteiger partial charge in [-0.25, -0.2) is 0 Å². The molecule has 20 heavy (non-hydrogen) atoms. The van der Waals surface area contributed by atoms with Crippen molar-refractivity contribution in [2.75, 3.05) is 6.54 Å². The van der Waals surface area contributed by atoms with Crippen LogP contribution in [-0.4, -0.2) is 23.7 Å². The average molecular weight is 273 g/mol. The Kier molecular flexibility index (Phi) is 3.49. The molecule has 0 fully saturated rings. The van der Waals surface area contributed by atoms with Crippen molar-refractivity contribution in [1.29, 1.82) is 0 Å². The number of aliphatic hydroxyl groups is 1. The average Bonchev–Trinajstić information content (AvgIpc) is 3.01. The molecule has 2 aromatic rings. The summed E-state index contributed by atoms with van der Waals surface area (Å²) in [5.41, 5.74) is 4.53. The van der Waals surface area contributed by atoms with Gasteiger partial charge in [0.15, 0.2) is 0 Å². The van der Waals surface area contributed by atoms with Crippen molar-refractivity contribution in [3.05, 3.63) is 35.1 Å². The second kappa shape index (κ2) is 5.29. The van der Waals surface area contributed by atoms with Crippen molar-refractivity contribution in [1.82, 2.24) is 5.32 Å². The van der Waals surface area contributed by atoms with Crippen LogP contribution in [0.2, 0.25) is 0 Å². The molecule has 1 aromatic heterocycles. The zero-order chi connectivity index (χ0) is 14.1. The minimum atomic E-state index is -0.525. The summed E-state index contributed by atoms with van der Waals surface area (Å²) in [5.74, 6) is -0.0888. The molecule has 0 bridgehead atoms. The molecule has 0 saturated heterocycles. The Labute approximate surface area is 117 Å². The number of benzene rings is 1. The van der Waals surface area contributed by atoms with Crippen LogP contribution in [0, 0.1) is 0 Å². The molecule has 106 valence electrons. The number of aliphatic hydroxyl groups excluding tert-OH is 1. The Hall–Kier alpha value is -1.81. The number of amides is 1. The third-order valence-electron chi connectivity index (χ3n) is 3.81. The van der Waals surface area contributed by atoms with Crippen molar-refractivity contribution in [2.24, 2.45) is 0 Å². The Morgan fingerprint density at radius 3 is 2.90 bits per heavy atom. The predicted molar refractivity (Wildman–Crippen MR) is 76.6 cm³/mol. The molecule has 0 saturated carbocycles. The van der Waals surface area contributed by atoms with E-state index in [1.807, 2.05) is 0 Å². The molecule has 1 aromatic carbocycles. The first-order valence-corrected chi connectivity index (χ1v) is 7.10. The highest BCUT2D eigenvalue weighted by Gasteiger charge is 2.16. The predicted octanol–water partition coefficient (Wildman–Crippen LogP) is 1.96. The number of furan rings is 1. The maximum absolute atomic E-state index is 11.8. The monoisotopic (exact) mass is 273 g/mol. The Morgan fingerprint density at radius 2 is 2.15 bits per heavy atom. The number of fused-ring (bicyclic) bond motifs is 2. The highest BCUT2D eigenvalue weighted by atomic mass is 16.3. The van der Waals surface area contributed by atoms with Gasteiger partial charge in [0.1, 0.15) is 5.58 Å². The fourth-order valence-corrected chi connectivity index (χ4v) is 2.78. The molecule has 0 radical (unpaired) electrons. The smallest absolute Gasteiger partial charge is 0.224 e. The minimum absolute atomic E-state index is 0.0888. The standard InChI is InChI=1S/C16H19NO3/c1-10(18)8-17-16(19)7-13-9-20-15-6-12-4-2-3-11(12)5-14(13)15/h5-6,9-10,18H,2-4,7-8H2,1H3,(H,17,19). The molecule has 4 heteroatoms. The van der Waals surface area contributed by atoms with Gasteiger partial charge >= 0.3 is 0 Å². The van der Waals surface area contributed by atoms with Crippen LogP contribution >= 0.6 is 0 Å². The van der Waals surface area contributed by atoms with Crippen LogP contribution < -0.4 is 5.32 Å². The Bertz CT molecular complexity index is 642. The van der Waals surface area contributed by atoms with E-state index in [0.29, 0.717) is 6.42 Å². The first-order chi connectivity index (χ1) is 9.63. The van der Waals surface area contributed by atoms with Crippen LogP contribution in [-0.2, 0) is 24.1 Å². The van der Waals surface area contributed by atoms with Gasteiger partial charge in [0.05, 0.1) is 18.8 Å². The van der Waals surface area contributed by atoms with Crippen LogP contribution in [0.5, 0.6) is 0 Å². The lowest BCUT2D eigenvalue weighted by Gasteiger charge is -2.06. The second-order valence-corrected chi connectivity index (χ2v) is 5.56. The number of nitrogens with one attached hydrogen (secondary N) is 1. The summed E-state index contributed by atoms with van der Waals surface area (Å²) in [7, 11) is 0. The van der Waals surface area contributed by atoms with E-state index in [1.54, 1.807) is 13.2 Å². The zero-order valence-corrected chi connectivity index (χ0v) is 11.6. The molecule has 1 atom stereocenters. The molecule has 1 aliphatic rings. The van der Waals surface area contributed by atoms with E-state index >= 15 is 0 Å². The van der Waals surface area contributed by atoms with Crippen LogP contribution in [0.15, 0.2) is 22.8 Å². The molecule has 0 aliphatic heterocycles. The lowest BCUT2D eigenvalue weighted by Crippen LogP contribution is -2.31. The van der Waals surface area contributed by atoms with Gasteiger partial charge in [0.2, 0.25) is 5.91 Å². The van der Waals surface area contributed by atoms with Crippen LogP contribution in [0.4, 0.5) is 0 Å². The molecule has 1 unspecified atom stereocenters. The van der Waals surface area contributed by atoms with Gasteiger partial charge in [0.25, 0.3) is 0 Å². The maximum Gasteiger partial charge on any atom is 0.224 e. The fraction of sp³-hybridized carbons (Fsp3) is 0.438. The van der Waals surface area contributed by atoms with E-state index in [4.69, 9.17) is 4.42 Å². The SMILES string of the molecule is CC(O)CNC(=O)Cc1coc2cc3c(cc12)CCC3. The van der Waals surface area contributed by atoms with E-state index in [9.17, 15) is 9.90 Å². The Morgan fingerprint density at radius 1 is 1.40 bits per heavy atom. The van der Waals surface area contributed by atoms with Gasteiger partial charge in [-0.3, -0.25) is 4.79 Å². The molecule has 3 rings (SSSR count). The summed E-state index contributed by atoms with van der Waals surface area (Å²) in [4.78, 5) is 11.8. The van der Waals surface area contributed by atoms with Crippen molar-refractivity contribution in [3.63, 3.8) is 0 Å². The van der Waals surface area contributed by atoms with Gasteiger partial charge in [-0.05, 0) is 49.4 Å². The van der Waals surface area contributed by atoms with Crippen LogP contribution in [0.3, 0.4) is 0 Å². The molecular formula is C16H19NO3. The van der Waals surface area contributed by atoms with Gasteiger partial charge in [-0.1, -0.05) is 0 Å². The highest BCUT2D eigenvalue weighted by molar-refractivity contribution is 5.88. The molecule has 1 amide bonds. The lowest BCUT2D eigenvalue weighted by molar-refractivity contribution is -0.120. The third kappa shape index (κ3) is 2.56. The van der Waals surface area contributed by atoms with Gasteiger partial charge < -0.3 is 14.8 Å². The summed E-state index contributed by atoms with van der Waals surface area (Å²) in [6.07, 6.45) is 4.87. The van der Waals surface area contributed by atoms with Crippen molar-refractivity contribution in [3.8, 4) is 0 Å². The summed E-state index contributed by atoms with van der Waals surface area (Å²) < 4.78 is 5.57. The number of carbonyl (C=O) groups excluding carboxylic acids is 1. The minimum Gasteiger partial charge on any atom is -0.464 e. The molecule has 1 heterocycles. The number of rotatable bonds is 4. The maximum atomic E-state index is 11.8. The number of carbonyl (C=O) groups is 1.